The smallest absolute Gasteiger partial charge is 0.152 e. The maximum absolute atomic E-state index is 10.2. The predicted molar refractivity (Wildman–Crippen MR) is 81.1 cm³/mol. The third-order valence-electron chi connectivity index (χ3n) is 3.43. The van der Waals surface area contributed by atoms with Gasteiger partial charge in [-0.1, -0.05) is 27.2 Å². The number of anilines is 1. The summed E-state index contributed by atoms with van der Waals surface area (Å²) in [6.07, 6.45) is 5.29. The van der Waals surface area contributed by atoms with Gasteiger partial charge in [0.2, 0.25) is 0 Å². The van der Waals surface area contributed by atoms with Gasteiger partial charge in [0.15, 0.2) is 5.82 Å². The molecule has 1 unspecified atom stereocenters. The lowest BCUT2D eigenvalue weighted by Gasteiger charge is -2.23. The van der Waals surface area contributed by atoms with Crippen LogP contribution in [0.1, 0.15) is 52.1 Å². The van der Waals surface area contributed by atoms with Gasteiger partial charge in [-0.2, -0.15) is 5.10 Å². The van der Waals surface area contributed by atoms with Crippen LogP contribution in [-0.4, -0.2) is 31.9 Å². The molecule has 5 nitrogen and oxygen atoms in total. The minimum Gasteiger partial charge on any atom is -0.388 e. The van der Waals surface area contributed by atoms with Crippen LogP contribution in [0.2, 0.25) is 0 Å². The van der Waals surface area contributed by atoms with Crippen molar-refractivity contribution in [2.45, 2.75) is 52.1 Å². The monoisotopic (exact) mass is 276 g/mol. The summed E-state index contributed by atoms with van der Waals surface area (Å²) in [4.78, 5) is 4.36. The van der Waals surface area contributed by atoms with E-state index in [0.717, 1.165) is 29.9 Å². The Bertz CT molecular complexity index is 574. The molecule has 0 amide bonds. The molecule has 0 saturated carbocycles. The highest BCUT2D eigenvalue weighted by Crippen LogP contribution is 2.21. The number of aliphatic hydroxyl groups is 1. The highest BCUT2D eigenvalue weighted by atomic mass is 16.3. The van der Waals surface area contributed by atoms with Crippen molar-refractivity contribution in [1.29, 1.82) is 0 Å². The number of nitrogens with zero attached hydrogens (tertiary/aromatic N) is 3. The molecule has 110 valence electrons. The van der Waals surface area contributed by atoms with Gasteiger partial charge in [-0.15, -0.1) is 0 Å². The van der Waals surface area contributed by atoms with Crippen molar-refractivity contribution in [2.24, 2.45) is 0 Å². The zero-order chi connectivity index (χ0) is 14.8. The molecular weight excluding hydrogens is 252 g/mol. The van der Waals surface area contributed by atoms with Crippen molar-refractivity contribution in [3.63, 3.8) is 0 Å². The summed E-state index contributed by atoms with van der Waals surface area (Å²) in [6.45, 7) is 8.64. The molecule has 0 spiro atoms. The summed E-state index contributed by atoms with van der Waals surface area (Å²) in [6, 6.07) is 2.05. The fraction of sp³-hybridized carbons (Fsp3) is 0.600. The van der Waals surface area contributed by atoms with Gasteiger partial charge >= 0.3 is 0 Å². The Hall–Kier alpha value is -1.62. The fourth-order valence-electron chi connectivity index (χ4n) is 2.26. The number of rotatable bonds is 6. The van der Waals surface area contributed by atoms with Gasteiger partial charge < -0.3 is 10.4 Å². The SMILES string of the molecule is CCCC(C)(O)CNc1nccn2nc(C(C)C)cc12. The Balaban J connectivity index is 2.22. The predicted octanol–water partition coefficient (Wildman–Crippen LogP) is 2.82. The number of aromatic nitrogens is 3. The molecule has 0 fully saturated rings. The Kier molecular flexibility index (Phi) is 4.28. The summed E-state index contributed by atoms with van der Waals surface area (Å²) >= 11 is 0. The second-order valence-corrected chi connectivity index (χ2v) is 5.93. The molecule has 0 aliphatic rings. The van der Waals surface area contributed by atoms with E-state index in [-0.39, 0.29) is 0 Å². The first-order valence-electron chi connectivity index (χ1n) is 7.23. The lowest BCUT2D eigenvalue weighted by molar-refractivity contribution is 0.0636. The second-order valence-electron chi connectivity index (χ2n) is 5.93. The first-order chi connectivity index (χ1) is 9.43. The van der Waals surface area contributed by atoms with Gasteiger partial charge in [0.25, 0.3) is 0 Å². The average molecular weight is 276 g/mol. The molecule has 2 aromatic heterocycles. The molecule has 5 heteroatoms. The first-order valence-corrected chi connectivity index (χ1v) is 7.23. The molecular formula is C15H24N4O. The Morgan fingerprint density at radius 3 is 2.85 bits per heavy atom. The molecule has 20 heavy (non-hydrogen) atoms. The normalized spacial score (nSPS) is 14.7. The van der Waals surface area contributed by atoms with Gasteiger partial charge in [0.05, 0.1) is 11.3 Å². The van der Waals surface area contributed by atoms with Gasteiger partial charge in [-0.05, 0) is 25.3 Å². The van der Waals surface area contributed by atoms with Crippen LogP contribution < -0.4 is 5.32 Å². The number of fused-ring (bicyclic) bond motifs is 1. The largest absolute Gasteiger partial charge is 0.388 e. The minimum atomic E-state index is -0.718. The van der Waals surface area contributed by atoms with Crippen LogP contribution in [0.3, 0.4) is 0 Å². The number of nitrogens with one attached hydrogen (secondary N) is 1. The van der Waals surface area contributed by atoms with Gasteiger partial charge in [0, 0.05) is 18.9 Å². The Morgan fingerprint density at radius 2 is 2.20 bits per heavy atom. The average Bonchev–Trinajstić information content (AvgIpc) is 2.80. The van der Waals surface area contributed by atoms with E-state index < -0.39 is 5.60 Å². The quantitative estimate of drug-likeness (QED) is 0.851. The highest BCUT2D eigenvalue weighted by molar-refractivity contribution is 5.68. The Morgan fingerprint density at radius 1 is 1.45 bits per heavy atom. The molecule has 2 aromatic rings. The summed E-state index contributed by atoms with van der Waals surface area (Å²) in [7, 11) is 0. The lowest BCUT2D eigenvalue weighted by Crippen LogP contribution is -2.33. The van der Waals surface area contributed by atoms with E-state index in [9.17, 15) is 5.11 Å². The van der Waals surface area contributed by atoms with Crippen LogP contribution in [0.4, 0.5) is 5.82 Å². The van der Waals surface area contributed by atoms with Crippen molar-refractivity contribution in [2.75, 3.05) is 11.9 Å². The summed E-state index contributed by atoms with van der Waals surface area (Å²) in [5.74, 6) is 1.15. The molecule has 0 saturated heterocycles. The third kappa shape index (κ3) is 3.28. The Labute approximate surface area is 120 Å². The van der Waals surface area contributed by atoms with Gasteiger partial charge in [0.1, 0.15) is 5.52 Å². The molecule has 2 rings (SSSR count). The van der Waals surface area contributed by atoms with E-state index in [2.05, 4.69) is 42.2 Å². The number of hydrogen-bond donors (Lipinski definition) is 2. The molecule has 1 atom stereocenters. The molecule has 2 heterocycles. The van der Waals surface area contributed by atoms with Crippen molar-refractivity contribution in [1.82, 2.24) is 14.6 Å². The molecule has 0 aliphatic heterocycles. The number of hydrogen-bond acceptors (Lipinski definition) is 4. The molecule has 0 bridgehead atoms. The van der Waals surface area contributed by atoms with E-state index in [0.29, 0.717) is 12.5 Å². The van der Waals surface area contributed by atoms with Crippen LogP contribution in [0, 0.1) is 0 Å². The van der Waals surface area contributed by atoms with E-state index in [1.807, 2.05) is 17.6 Å². The summed E-state index contributed by atoms with van der Waals surface area (Å²) in [5, 5.41) is 18.0. The van der Waals surface area contributed by atoms with Gasteiger partial charge in [-0.3, -0.25) is 0 Å². The van der Waals surface area contributed by atoms with Crippen LogP contribution in [0.25, 0.3) is 5.52 Å². The van der Waals surface area contributed by atoms with Gasteiger partial charge in [-0.25, -0.2) is 9.50 Å². The van der Waals surface area contributed by atoms with Crippen molar-refractivity contribution >= 4 is 11.3 Å². The summed E-state index contributed by atoms with van der Waals surface area (Å²) in [5.41, 5.74) is 1.27. The highest BCUT2D eigenvalue weighted by Gasteiger charge is 2.19. The lowest BCUT2D eigenvalue weighted by atomic mass is 10.0. The zero-order valence-electron chi connectivity index (χ0n) is 12.7. The van der Waals surface area contributed by atoms with Crippen LogP contribution >= 0.6 is 0 Å². The van der Waals surface area contributed by atoms with E-state index >= 15 is 0 Å². The minimum absolute atomic E-state index is 0.381. The molecule has 2 N–H and O–H groups in total. The topological polar surface area (TPSA) is 62.5 Å². The second kappa shape index (κ2) is 5.79. The third-order valence-corrected chi connectivity index (χ3v) is 3.43. The van der Waals surface area contributed by atoms with E-state index in [1.165, 1.54) is 0 Å². The summed E-state index contributed by atoms with van der Waals surface area (Å²) < 4.78 is 1.83. The van der Waals surface area contributed by atoms with Crippen molar-refractivity contribution in [3.8, 4) is 0 Å². The molecule has 0 aromatic carbocycles. The van der Waals surface area contributed by atoms with Crippen LogP contribution in [0.5, 0.6) is 0 Å². The zero-order valence-corrected chi connectivity index (χ0v) is 12.7. The van der Waals surface area contributed by atoms with Crippen LogP contribution in [-0.2, 0) is 0 Å². The maximum Gasteiger partial charge on any atom is 0.152 e. The molecule has 0 aliphatic carbocycles. The van der Waals surface area contributed by atoms with E-state index in [4.69, 9.17) is 0 Å². The van der Waals surface area contributed by atoms with Crippen molar-refractivity contribution in [3.05, 3.63) is 24.2 Å². The van der Waals surface area contributed by atoms with Crippen LogP contribution in [0.15, 0.2) is 18.5 Å². The first kappa shape index (κ1) is 14.8. The fourth-order valence-corrected chi connectivity index (χ4v) is 2.26. The standard InChI is InChI=1S/C15H24N4O/c1-5-6-15(4,20)10-17-14-13-9-12(11(2)3)18-19(13)8-7-16-14/h7-9,11,20H,5-6,10H2,1-4H3,(H,16,17). The van der Waals surface area contributed by atoms with E-state index in [1.54, 1.807) is 6.20 Å². The molecule has 0 radical (unpaired) electrons. The maximum atomic E-state index is 10.2. The van der Waals surface area contributed by atoms with Crippen molar-refractivity contribution < 1.29 is 5.11 Å².